The summed E-state index contributed by atoms with van der Waals surface area (Å²) in [5.74, 6) is 0.725. The number of hydrogen-bond donors (Lipinski definition) is 1. The third-order valence-corrected chi connectivity index (χ3v) is 4.53. The molecule has 0 aliphatic heterocycles. The topological polar surface area (TPSA) is 46.2 Å². The molecule has 3 nitrogen and oxygen atoms in total. The predicted octanol–water partition coefficient (Wildman–Crippen LogP) is 2.37. The van der Waals surface area contributed by atoms with Crippen molar-refractivity contribution in [2.45, 2.75) is 58.9 Å². The van der Waals surface area contributed by atoms with Crippen LogP contribution in [0.25, 0.3) is 0 Å². The average Bonchev–Trinajstić information content (AvgIpc) is 2.18. The van der Waals surface area contributed by atoms with Gasteiger partial charge in [-0.3, -0.25) is 0 Å². The highest BCUT2D eigenvalue weighted by Crippen LogP contribution is 2.04. The first-order valence-corrected chi connectivity index (χ1v) is 8.27. The molecule has 1 unspecified atom stereocenters. The van der Waals surface area contributed by atoms with Gasteiger partial charge in [0, 0.05) is 6.04 Å². The van der Waals surface area contributed by atoms with E-state index in [1.807, 2.05) is 0 Å². The molecule has 0 spiro atoms. The second-order valence-electron chi connectivity index (χ2n) is 4.46. The van der Waals surface area contributed by atoms with Crippen molar-refractivity contribution in [1.82, 2.24) is 5.32 Å². The maximum atomic E-state index is 11.6. The number of unbranched alkanes of at least 4 members (excludes halogenated alkanes) is 2. The molecule has 0 bridgehead atoms. The van der Waals surface area contributed by atoms with Gasteiger partial charge in [0.1, 0.15) is 9.84 Å². The van der Waals surface area contributed by atoms with E-state index in [-0.39, 0.29) is 0 Å². The van der Waals surface area contributed by atoms with Crippen molar-refractivity contribution in [3.63, 3.8) is 0 Å². The maximum absolute atomic E-state index is 11.6. The van der Waals surface area contributed by atoms with Crippen molar-refractivity contribution in [2.75, 3.05) is 18.1 Å². The van der Waals surface area contributed by atoms with Crippen molar-refractivity contribution in [3.05, 3.63) is 0 Å². The number of sulfone groups is 1. The van der Waals surface area contributed by atoms with Crippen LogP contribution in [0, 0.1) is 0 Å². The van der Waals surface area contributed by atoms with Gasteiger partial charge < -0.3 is 5.32 Å². The molecule has 0 aromatic heterocycles. The van der Waals surface area contributed by atoms with Crippen molar-refractivity contribution in [1.29, 1.82) is 0 Å². The lowest BCUT2D eigenvalue weighted by Crippen LogP contribution is -2.26. The standard InChI is InChI=1S/C12H27NO2S/c1-4-6-7-10-16(14,15)11-8-9-12(3)13-5-2/h12-13H,4-11H2,1-3H3. The molecule has 0 amide bonds. The zero-order chi connectivity index (χ0) is 12.4. The predicted molar refractivity (Wildman–Crippen MR) is 70.6 cm³/mol. The van der Waals surface area contributed by atoms with E-state index in [1.54, 1.807) is 0 Å². The molecular formula is C12H27NO2S. The summed E-state index contributed by atoms with van der Waals surface area (Å²) >= 11 is 0. The lowest BCUT2D eigenvalue weighted by Gasteiger charge is -2.11. The molecule has 1 atom stereocenters. The average molecular weight is 249 g/mol. The Kier molecular flexibility index (Phi) is 8.94. The van der Waals surface area contributed by atoms with E-state index < -0.39 is 9.84 Å². The van der Waals surface area contributed by atoms with Crippen LogP contribution >= 0.6 is 0 Å². The van der Waals surface area contributed by atoms with Crippen molar-refractivity contribution in [2.24, 2.45) is 0 Å². The minimum atomic E-state index is -2.79. The zero-order valence-electron chi connectivity index (χ0n) is 11.0. The number of nitrogens with one attached hydrogen (secondary N) is 1. The third kappa shape index (κ3) is 9.16. The quantitative estimate of drug-likeness (QED) is 0.605. The molecule has 0 radical (unpaired) electrons. The van der Waals surface area contributed by atoms with Crippen LogP contribution in [0.3, 0.4) is 0 Å². The highest BCUT2D eigenvalue weighted by atomic mass is 32.2. The molecule has 0 heterocycles. The monoisotopic (exact) mass is 249 g/mol. The van der Waals surface area contributed by atoms with E-state index >= 15 is 0 Å². The van der Waals surface area contributed by atoms with Crippen LogP contribution in [0.2, 0.25) is 0 Å². The lowest BCUT2D eigenvalue weighted by atomic mass is 10.2. The Morgan fingerprint density at radius 3 is 2.25 bits per heavy atom. The molecule has 0 saturated carbocycles. The highest BCUT2D eigenvalue weighted by Gasteiger charge is 2.10. The van der Waals surface area contributed by atoms with E-state index in [0.29, 0.717) is 17.5 Å². The van der Waals surface area contributed by atoms with Gasteiger partial charge in [-0.1, -0.05) is 26.7 Å². The second kappa shape index (κ2) is 8.99. The summed E-state index contributed by atoms with van der Waals surface area (Å²) in [5, 5.41) is 3.29. The van der Waals surface area contributed by atoms with E-state index in [4.69, 9.17) is 0 Å². The van der Waals surface area contributed by atoms with Crippen molar-refractivity contribution >= 4 is 9.84 Å². The van der Waals surface area contributed by atoms with Gasteiger partial charge in [-0.15, -0.1) is 0 Å². The molecule has 0 saturated heterocycles. The van der Waals surface area contributed by atoms with Crippen LogP contribution in [0.1, 0.15) is 52.9 Å². The maximum Gasteiger partial charge on any atom is 0.150 e. The fraction of sp³-hybridized carbons (Fsp3) is 1.00. The molecule has 0 aromatic carbocycles. The van der Waals surface area contributed by atoms with E-state index in [9.17, 15) is 8.42 Å². The lowest BCUT2D eigenvalue weighted by molar-refractivity contribution is 0.520. The first-order valence-electron chi connectivity index (χ1n) is 6.45. The number of rotatable bonds is 10. The Labute approximate surface area is 101 Å². The van der Waals surface area contributed by atoms with Gasteiger partial charge in [0.2, 0.25) is 0 Å². The van der Waals surface area contributed by atoms with Gasteiger partial charge in [-0.05, 0) is 32.7 Å². The molecule has 0 aromatic rings. The Balaban J connectivity index is 3.65. The summed E-state index contributed by atoms with van der Waals surface area (Å²) in [7, 11) is -2.79. The van der Waals surface area contributed by atoms with Crippen LogP contribution in [-0.4, -0.2) is 32.5 Å². The highest BCUT2D eigenvalue weighted by molar-refractivity contribution is 7.91. The van der Waals surface area contributed by atoms with E-state index in [2.05, 4.69) is 26.1 Å². The fourth-order valence-electron chi connectivity index (χ4n) is 1.73. The Bertz CT molecular complexity index is 250. The SMILES string of the molecule is CCCCCS(=O)(=O)CCCC(C)NCC. The van der Waals surface area contributed by atoms with Gasteiger partial charge in [-0.25, -0.2) is 8.42 Å². The molecule has 0 aliphatic rings. The molecule has 0 aliphatic carbocycles. The smallest absolute Gasteiger partial charge is 0.150 e. The van der Waals surface area contributed by atoms with Gasteiger partial charge in [0.25, 0.3) is 0 Å². The largest absolute Gasteiger partial charge is 0.315 e. The molecular weight excluding hydrogens is 222 g/mol. The Hall–Kier alpha value is -0.0900. The first kappa shape index (κ1) is 15.9. The van der Waals surface area contributed by atoms with E-state index in [0.717, 1.165) is 38.6 Å². The molecule has 0 fully saturated rings. The minimum Gasteiger partial charge on any atom is -0.315 e. The number of hydrogen-bond acceptors (Lipinski definition) is 3. The molecule has 1 N–H and O–H groups in total. The first-order chi connectivity index (χ1) is 7.52. The summed E-state index contributed by atoms with van der Waals surface area (Å²) < 4.78 is 23.2. The summed E-state index contributed by atoms with van der Waals surface area (Å²) in [6.45, 7) is 7.21. The normalized spacial score (nSPS) is 13.9. The zero-order valence-corrected chi connectivity index (χ0v) is 11.8. The van der Waals surface area contributed by atoms with Gasteiger partial charge >= 0.3 is 0 Å². The van der Waals surface area contributed by atoms with E-state index in [1.165, 1.54) is 0 Å². The summed E-state index contributed by atoms with van der Waals surface area (Å²) in [5.41, 5.74) is 0. The van der Waals surface area contributed by atoms with Crippen LogP contribution < -0.4 is 5.32 Å². The van der Waals surface area contributed by atoms with Crippen molar-refractivity contribution in [3.8, 4) is 0 Å². The molecule has 4 heteroatoms. The molecule has 0 rings (SSSR count). The van der Waals surface area contributed by atoms with Gasteiger partial charge in [-0.2, -0.15) is 0 Å². The fourth-order valence-corrected chi connectivity index (χ4v) is 3.19. The van der Waals surface area contributed by atoms with Gasteiger partial charge in [0.05, 0.1) is 11.5 Å². The molecule has 16 heavy (non-hydrogen) atoms. The third-order valence-electron chi connectivity index (χ3n) is 2.70. The summed E-state index contributed by atoms with van der Waals surface area (Å²) in [6.07, 6.45) is 4.64. The van der Waals surface area contributed by atoms with Crippen LogP contribution in [-0.2, 0) is 9.84 Å². The van der Waals surface area contributed by atoms with Crippen LogP contribution in [0.15, 0.2) is 0 Å². The van der Waals surface area contributed by atoms with Crippen LogP contribution in [0.4, 0.5) is 0 Å². The van der Waals surface area contributed by atoms with Crippen molar-refractivity contribution < 1.29 is 8.42 Å². The minimum absolute atomic E-state index is 0.354. The second-order valence-corrected chi connectivity index (χ2v) is 6.76. The van der Waals surface area contributed by atoms with Gasteiger partial charge in [0.15, 0.2) is 0 Å². The summed E-state index contributed by atoms with van der Waals surface area (Å²) in [4.78, 5) is 0. The molecule has 98 valence electrons. The summed E-state index contributed by atoms with van der Waals surface area (Å²) in [6, 6.07) is 0.427. The Morgan fingerprint density at radius 1 is 1.06 bits per heavy atom. The van der Waals surface area contributed by atoms with Crippen LogP contribution in [0.5, 0.6) is 0 Å². The Morgan fingerprint density at radius 2 is 1.69 bits per heavy atom.